The molecule has 0 aromatic heterocycles. The molecule has 6 heteroatoms. The number of carbonyl (C=O) groups is 3. The van der Waals surface area contributed by atoms with Crippen molar-refractivity contribution in [1.82, 2.24) is 0 Å². The minimum atomic E-state index is -0.796. The van der Waals surface area contributed by atoms with Gasteiger partial charge >= 0.3 is 17.9 Å². The van der Waals surface area contributed by atoms with E-state index in [0.717, 1.165) is 122 Å². The third-order valence-corrected chi connectivity index (χ3v) is 10.4. The quantitative estimate of drug-likeness (QED) is 0.0263. The molecule has 0 fully saturated rings. The molecule has 0 radical (unpaired) electrons. The molecule has 0 aliphatic carbocycles. The standard InChI is InChI=1S/C55H92O6/c1-4-7-10-13-16-19-21-23-25-26-27-28-30-31-33-36-39-42-45-48-54(57)60-51-52(50-59-53(56)47-44-41-38-35-18-15-12-9-6-3)61-55(58)49-46-43-40-37-34-32-29-24-22-20-17-14-11-8-5-2/h8,11,16-17,19-20,23-25,27-29,31,33,52H,4-7,9-10,12-15,18,21-22,26,30,32,34-51H2,1-3H3/b11-8-,19-16-,20-17-,25-23-,28-27-,29-24-,33-31-/t52-/m1/s1. The van der Waals surface area contributed by atoms with Crippen LogP contribution in [0.1, 0.15) is 226 Å². The fraction of sp³-hybridized carbons (Fsp3) is 0.691. The van der Waals surface area contributed by atoms with Gasteiger partial charge < -0.3 is 14.2 Å². The fourth-order valence-electron chi connectivity index (χ4n) is 6.61. The van der Waals surface area contributed by atoms with Crippen LogP contribution >= 0.6 is 0 Å². The molecule has 0 N–H and O–H groups in total. The summed E-state index contributed by atoms with van der Waals surface area (Å²) in [5, 5.41) is 0. The number of hydrogen-bond acceptors (Lipinski definition) is 6. The zero-order chi connectivity index (χ0) is 44.4. The minimum Gasteiger partial charge on any atom is -0.462 e. The van der Waals surface area contributed by atoms with E-state index in [1.54, 1.807) is 0 Å². The number of rotatable bonds is 44. The second-order valence-electron chi connectivity index (χ2n) is 16.3. The first-order chi connectivity index (χ1) is 30.0. The number of carbonyl (C=O) groups excluding carboxylic acids is 3. The van der Waals surface area contributed by atoms with E-state index in [9.17, 15) is 14.4 Å². The molecule has 348 valence electrons. The molecule has 0 aromatic carbocycles. The third kappa shape index (κ3) is 47.5. The highest BCUT2D eigenvalue weighted by Gasteiger charge is 2.19. The van der Waals surface area contributed by atoms with Crippen LogP contribution < -0.4 is 0 Å². The van der Waals surface area contributed by atoms with Crippen LogP contribution in [0.25, 0.3) is 0 Å². The zero-order valence-electron chi connectivity index (χ0n) is 39.7. The average molecular weight is 849 g/mol. The van der Waals surface area contributed by atoms with Gasteiger partial charge in [0.25, 0.3) is 0 Å². The SMILES string of the molecule is CC/C=C\C/C=C\C/C=C\CCCCCCCC(=O)O[C@@H](COC(=O)CCCCC/C=C\C/C=C\C/C=C\C/C=C\CCCCC)COC(=O)CCCCCCCCCCC. The Morgan fingerprint density at radius 2 is 0.639 bits per heavy atom. The number of hydrogen-bond donors (Lipinski definition) is 0. The summed E-state index contributed by atoms with van der Waals surface area (Å²) in [4.78, 5) is 37.8. The molecule has 0 rings (SSSR count). The van der Waals surface area contributed by atoms with Gasteiger partial charge in [0, 0.05) is 19.3 Å². The van der Waals surface area contributed by atoms with E-state index < -0.39 is 6.10 Å². The molecule has 0 amide bonds. The molecule has 0 aromatic rings. The zero-order valence-corrected chi connectivity index (χ0v) is 39.7. The number of esters is 3. The summed E-state index contributed by atoms with van der Waals surface area (Å²) < 4.78 is 16.7. The largest absolute Gasteiger partial charge is 0.462 e. The monoisotopic (exact) mass is 849 g/mol. The van der Waals surface area contributed by atoms with Crippen LogP contribution in [0.3, 0.4) is 0 Å². The summed E-state index contributed by atoms with van der Waals surface area (Å²) in [7, 11) is 0. The molecule has 0 unspecified atom stereocenters. The van der Waals surface area contributed by atoms with Crippen molar-refractivity contribution in [3.63, 3.8) is 0 Å². The predicted octanol–water partition coefficient (Wildman–Crippen LogP) is 16.4. The van der Waals surface area contributed by atoms with Crippen molar-refractivity contribution in [1.29, 1.82) is 0 Å². The van der Waals surface area contributed by atoms with E-state index in [1.165, 1.54) is 64.2 Å². The first-order valence-corrected chi connectivity index (χ1v) is 25.1. The van der Waals surface area contributed by atoms with Crippen molar-refractivity contribution in [3.8, 4) is 0 Å². The predicted molar refractivity (Wildman–Crippen MR) is 261 cm³/mol. The Morgan fingerprint density at radius 1 is 0.344 bits per heavy atom. The van der Waals surface area contributed by atoms with Crippen molar-refractivity contribution in [2.24, 2.45) is 0 Å². The van der Waals surface area contributed by atoms with E-state index in [4.69, 9.17) is 14.2 Å². The van der Waals surface area contributed by atoms with E-state index in [-0.39, 0.29) is 31.1 Å². The van der Waals surface area contributed by atoms with Crippen molar-refractivity contribution >= 4 is 17.9 Å². The van der Waals surface area contributed by atoms with Gasteiger partial charge in [-0.3, -0.25) is 14.4 Å². The van der Waals surface area contributed by atoms with Crippen LogP contribution in [0.4, 0.5) is 0 Å². The smallest absolute Gasteiger partial charge is 0.306 e. The lowest BCUT2D eigenvalue weighted by Gasteiger charge is -2.18. The molecule has 0 saturated carbocycles. The Hall–Kier alpha value is -3.41. The summed E-state index contributed by atoms with van der Waals surface area (Å²) in [5.74, 6) is -0.948. The van der Waals surface area contributed by atoms with Gasteiger partial charge in [-0.2, -0.15) is 0 Å². The highest BCUT2D eigenvalue weighted by Crippen LogP contribution is 2.13. The minimum absolute atomic E-state index is 0.0937. The second-order valence-corrected chi connectivity index (χ2v) is 16.3. The second kappa shape index (κ2) is 49.2. The molecule has 0 bridgehead atoms. The summed E-state index contributed by atoms with van der Waals surface area (Å²) in [6.07, 6.45) is 62.8. The van der Waals surface area contributed by atoms with Crippen molar-refractivity contribution in [3.05, 3.63) is 85.1 Å². The van der Waals surface area contributed by atoms with E-state index in [2.05, 4.69) is 106 Å². The van der Waals surface area contributed by atoms with Crippen molar-refractivity contribution in [2.75, 3.05) is 13.2 Å². The van der Waals surface area contributed by atoms with E-state index in [1.807, 2.05) is 0 Å². The van der Waals surface area contributed by atoms with Crippen LogP contribution in [0.5, 0.6) is 0 Å². The summed E-state index contributed by atoms with van der Waals surface area (Å²) in [5.41, 5.74) is 0. The molecular weight excluding hydrogens is 757 g/mol. The van der Waals surface area contributed by atoms with Gasteiger partial charge in [-0.05, 0) is 96.3 Å². The van der Waals surface area contributed by atoms with Crippen LogP contribution in [0.15, 0.2) is 85.1 Å². The maximum absolute atomic E-state index is 12.8. The lowest BCUT2D eigenvalue weighted by Crippen LogP contribution is -2.30. The molecule has 1 atom stereocenters. The Morgan fingerprint density at radius 3 is 1.05 bits per heavy atom. The molecular formula is C55H92O6. The van der Waals surface area contributed by atoms with Crippen molar-refractivity contribution < 1.29 is 28.6 Å². The molecule has 0 aliphatic rings. The number of allylic oxidation sites excluding steroid dienone is 14. The van der Waals surface area contributed by atoms with Gasteiger partial charge in [0.15, 0.2) is 6.10 Å². The number of unbranched alkanes of at least 4 members (excludes halogenated alkanes) is 19. The van der Waals surface area contributed by atoms with Gasteiger partial charge in [-0.15, -0.1) is 0 Å². The lowest BCUT2D eigenvalue weighted by molar-refractivity contribution is -0.167. The molecule has 0 heterocycles. The summed E-state index contributed by atoms with van der Waals surface area (Å²) in [6, 6.07) is 0. The highest BCUT2D eigenvalue weighted by atomic mass is 16.6. The van der Waals surface area contributed by atoms with Gasteiger partial charge in [-0.1, -0.05) is 196 Å². The Kier molecular flexibility index (Phi) is 46.5. The molecule has 61 heavy (non-hydrogen) atoms. The Bertz CT molecular complexity index is 1200. The lowest BCUT2D eigenvalue weighted by atomic mass is 10.1. The normalized spacial score (nSPS) is 12.8. The van der Waals surface area contributed by atoms with Gasteiger partial charge in [0.1, 0.15) is 13.2 Å². The van der Waals surface area contributed by atoms with E-state index in [0.29, 0.717) is 19.3 Å². The van der Waals surface area contributed by atoms with Crippen LogP contribution in [-0.2, 0) is 28.6 Å². The van der Waals surface area contributed by atoms with Crippen molar-refractivity contribution in [2.45, 2.75) is 232 Å². The van der Waals surface area contributed by atoms with E-state index >= 15 is 0 Å². The molecule has 0 spiro atoms. The first-order valence-electron chi connectivity index (χ1n) is 25.1. The number of ether oxygens (including phenoxy) is 3. The van der Waals surface area contributed by atoms with Crippen LogP contribution in [-0.4, -0.2) is 37.2 Å². The molecule has 6 nitrogen and oxygen atoms in total. The maximum atomic E-state index is 12.8. The highest BCUT2D eigenvalue weighted by molar-refractivity contribution is 5.71. The Balaban J connectivity index is 4.43. The summed E-state index contributed by atoms with van der Waals surface area (Å²) >= 11 is 0. The topological polar surface area (TPSA) is 78.9 Å². The van der Waals surface area contributed by atoms with Crippen LogP contribution in [0.2, 0.25) is 0 Å². The average Bonchev–Trinajstić information content (AvgIpc) is 3.26. The van der Waals surface area contributed by atoms with Gasteiger partial charge in [0.05, 0.1) is 0 Å². The molecule has 0 aliphatic heterocycles. The Labute approximate surface area is 375 Å². The van der Waals surface area contributed by atoms with Gasteiger partial charge in [0.2, 0.25) is 0 Å². The molecule has 0 saturated heterocycles. The van der Waals surface area contributed by atoms with Gasteiger partial charge in [-0.25, -0.2) is 0 Å². The van der Waals surface area contributed by atoms with Crippen LogP contribution in [0, 0.1) is 0 Å². The fourth-order valence-corrected chi connectivity index (χ4v) is 6.61. The first kappa shape index (κ1) is 57.6. The third-order valence-electron chi connectivity index (χ3n) is 10.4. The maximum Gasteiger partial charge on any atom is 0.306 e. The summed E-state index contributed by atoms with van der Waals surface area (Å²) in [6.45, 7) is 6.42.